The van der Waals surface area contributed by atoms with Crippen molar-refractivity contribution in [1.29, 1.82) is 0 Å². The smallest absolute Gasteiger partial charge is 0.223 e. The van der Waals surface area contributed by atoms with E-state index in [4.69, 9.17) is 5.73 Å². The highest BCUT2D eigenvalue weighted by Gasteiger charge is 2.36. The summed E-state index contributed by atoms with van der Waals surface area (Å²) in [7, 11) is 2.12. The molecule has 1 heterocycles. The van der Waals surface area contributed by atoms with Crippen LogP contribution in [0.15, 0.2) is 0 Å². The Balaban J connectivity index is 1.73. The molecule has 0 spiro atoms. The van der Waals surface area contributed by atoms with Gasteiger partial charge < -0.3 is 16.0 Å². The Morgan fingerprint density at radius 3 is 2.53 bits per heavy atom. The first kappa shape index (κ1) is 12.8. The van der Waals surface area contributed by atoms with E-state index in [0.29, 0.717) is 6.54 Å². The molecule has 17 heavy (non-hydrogen) atoms. The van der Waals surface area contributed by atoms with E-state index in [9.17, 15) is 4.79 Å². The van der Waals surface area contributed by atoms with Gasteiger partial charge in [0.25, 0.3) is 0 Å². The summed E-state index contributed by atoms with van der Waals surface area (Å²) in [6.07, 6.45) is 5.62. The monoisotopic (exact) mass is 239 g/mol. The fourth-order valence-corrected chi connectivity index (χ4v) is 2.82. The third kappa shape index (κ3) is 2.99. The van der Waals surface area contributed by atoms with E-state index in [0.717, 1.165) is 32.5 Å². The molecule has 0 atom stereocenters. The van der Waals surface area contributed by atoms with E-state index in [2.05, 4.69) is 17.3 Å². The van der Waals surface area contributed by atoms with Gasteiger partial charge in [-0.1, -0.05) is 6.42 Å². The van der Waals surface area contributed by atoms with Gasteiger partial charge in [0.15, 0.2) is 0 Å². The van der Waals surface area contributed by atoms with Crippen molar-refractivity contribution in [3.05, 3.63) is 0 Å². The van der Waals surface area contributed by atoms with E-state index in [1.54, 1.807) is 0 Å². The number of nitrogens with one attached hydrogen (secondary N) is 1. The van der Waals surface area contributed by atoms with Gasteiger partial charge in [0.05, 0.1) is 0 Å². The molecular weight excluding hydrogens is 214 g/mol. The number of likely N-dealkylation sites (tertiary alicyclic amines) is 1. The van der Waals surface area contributed by atoms with E-state index in [-0.39, 0.29) is 17.2 Å². The van der Waals surface area contributed by atoms with Gasteiger partial charge in [-0.15, -0.1) is 0 Å². The Morgan fingerprint density at radius 1 is 1.41 bits per heavy atom. The second kappa shape index (κ2) is 5.36. The summed E-state index contributed by atoms with van der Waals surface area (Å²) < 4.78 is 0. The number of rotatable bonds is 4. The minimum absolute atomic E-state index is 0.223. The zero-order chi connectivity index (χ0) is 12.3. The molecule has 2 fully saturated rings. The lowest BCUT2D eigenvalue weighted by Gasteiger charge is -2.41. The van der Waals surface area contributed by atoms with E-state index in [1.165, 1.54) is 19.3 Å². The predicted molar refractivity (Wildman–Crippen MR) is 68.6 cm³/mol. The third-order valence-corrected chi connectivity index (χ3v) is 4.57. The molecule has 2 aliphatic rings. The van der Waals surface area contributed by atoms with Crippen molar-refractivity contribution in [2.24, 2.45) is 17.1 Å². The molecule has 1 saturated heterocycles. The summed E-state index contributed by atoms with van der Waals surface area (Å²) in [6.45, 7) is 3.58. The first-order chi connectivity index (χ1) is 8.15. The summed E-state index contributed by atoms with van der Waals surface area (Å²) in [4.78, 5) is 14.3. The van der Waals surface area contributed by atoms with Crippen LogP contribution in [-0.2, 0) is 4.79 Å². The van der Waals surface area contributed by atoms with Crippen LogP contribution >= 0.6 is 0 Å². The Labute approximate surface area is 104 Å². The van der Waals surface area contributed by atoms with Crippen molar-refractivity contribution in [2.75, 3.05) is 33.2 Å². The SMILES string of the molecule is CN1CCC(C(=O)NCC2(CN)CCC2)CC1. The van der Waals surface area contributed by atoms with Gasteiger partial charge in [0, 0.05) is 12.5 Å². The maximum atomic E-state index is 12.0. The molecule has 0 aromatic heterocycles. The van der Waals surface area contributed by atoms with Gasteiger partial charge in [-0.25, -0.2) is 0 Å². The van der Waals surface area contributed by atoms with Gasteiger partial charge in [-0.05, 0) is 57.8 Å². The molecule has 0 aromatic carbocycles. The van der Waals surface area contributed by atoms with Crippen LogP contribution in [0.4, 0.5) is 0 Å². The molecular formula is C13H25N3O. The zero-order valence-corrected chi connectivity index (χ0v) is 10.9. The van der Waals surface area contributed by atoms with E-state index < -0.39 is 0 Å². The Hall–Kier alpha value is -0.610. The molecule has 0 radical (unpaired) electrons. The maximum absolute atomic E-state index is 12.0. The Morgan fingerprint density at radius 2 is 2.06 bits per heavy atom. The number of nitrogens with two attached hydrogens (primary N) is 1. The van der Waals surface area contributed by atoms with Crippen LogP contribution in [0.1, 0.15) is 32.1 Å². The van der Waals surface area contributed by atoms with Crippen LogP contribution in [0.3, 0.4) is 0 Å². The quantitative estimate of drug-likeness (QED) is 0.754. The topological polar surface area (TPSA) is 58.4 Å². The van der Waals surface area contributed by atoms with Crippen LogP contribution in [0.2, 0.25) is 0 Å². The summed E-state index contributed by atoms with van der Waals surface area (Å²) in [6, 6.07) is 0. The molecule has 2 rings (SSSR count). The van der Waals surface area contributed by atoms with Crippen LogP contribution in [0, 0.1) is 11.3 Å². The van der Waals surface area contributed by atoms with Crippen molar-refractivity contribution in [2.45, 2.75) is 32.1 Å². The lowest BCUT2D eigenvalue weighted by Crippen LogP contribution is -2.49. The molecule has 1 amide bonds. The first-order valence-corrected chi connectivity index (χ1v) is 6.81. The van der Waals surface area contributed by atoms with Crippen LogP contribution in [0.25, 0.3) is 0 Å². The summed E-state index contributed by atoms with van der Waals surface area (Å²) in [5.74, 6) is 0.471. The maximum Gasteiger partial charge on any atom is 0.223 e. The van der Waals surface area contributed by atoms with Crippen LogP contribution in [-0.4, -0.2) is 44.0 Å². The van der Waals surface area contributed by atoms with Crippen molar-refractivity contribution < 1.29 is 4.79 Å². The van der Waals surface area contributed by atoms with Crippen molar-refractivity contribution in [3.8, 4) is 0 Å². The molecule has 98 valence electrons. The second-order valence-corrected chi connectivity index (χ2v) is 5.85. The van der Waals surface area contributed by atoms with Gasteiger partial charge >= 0.3 is 0 Å². The largest absolute Gasteiger partial charge is 0.355 e. The van der Waals surface area contributed by atoms with Gasteiger partial charge in [-0.2, -0.15) is 0 Å². The Bertz CT molecular complexity index is 262. The van der Waals surface area contributed by atoms with Crippen molar-refractivity contribution in [3.63, 3.8) is 0 Å². The van der Waals surface area contributed by atoms with Gasteiger partial charge in [0.2, 0.25) is 5.91 Å². The molecule has 1 aliphatic heterocycles. The number of carbonyl (C=O) groups excluding carboxylic acids is 1. The molecule has 0 aromatic rings. The van der Waals surface area contributed by atoms with Gasteiger partial charge in [-0.3, -0.25) is 4.79 Å². The molecule has 4 heteroatoms. The zero-order valence-electron chi connectivity index (χ0n) is 10.9. The highest BCUT2D eigenvalue weighted by Crippen LogP contribution is 2.39. The minimum Gasteiger partial charge on any atom is -0.355 e. The predicted octanol–water partition coefficient (Wildman–Crippen LogP) is 0.573. The molecule has 1 saturated carbocycles. The molecule has 0 unspecified atom stereocenters. The van der Waals surface area contributed by atoms with Crippen LogP contribution < -0.4 is 11.1 Å². The van der Waals surface area contributed by atoms with Crippen molar-refractivity contribution >= 4 is 5.91 Å². The highest BCUT2D eigenvalue weighted by atomic mass is 16.1. The molecule has 0 bridgehead atoms. The standard InChI is InChI=1S/C13H25N3O/c1-16-7-3-11(4-8-16)12(17)15-10-13(9-14)5-2-6-13/h11H,2-10,14H2,1H3,(H,15,17). The second-order valence-electron chi connectivity index (χ2n) is 5.85. The summed E-state index contributed by atoms with van der Waals surface area (Å²) in [5, 5.41) is 3.12. The number of hydrogen-bond donors (Lipinski definition) is 2. The molecule has 1 aliphatic carbocycles. The number of amides is 1. The lowest BCUT2D eigenvalue weighted by molar-refractivity contribution is -0.127. The number of hydrogen-bond acceptors (Lipinski definition) is 3. The fourth-order valence-electron chi connectivity index (χ4n) is 2.82. The van der Waals surface area contributed by atoms with Gasteiger partial charge in [0.1, 0.15) is 0 Å². The highest BCUT2D eigenvalue weighted by molar-refractivity contribution is 5.78. The minimum atomic E-state index is 0.223. The van der Waals surface area contributed by atoms with E-state index >= 15 is 0 Å². The van der Waals surface area contributed by atoms with Crippen LogP contribution in [0.5, 0.6) is 0 Å². The normalized spacial score (nSPS) is 25.3. The third-order valence-electron chi connectivity index (χ3n) is 4.57. The lowest BCUT2D eigenvalue weighted by atomic mass is 9.69. The summed E-state index contributed by atoms with van der Waals surface area (Å²) in [5.41, 5.74) is 6.02. The van der Waals surface area contributed by atoms with E-state index in [1.807, 2.05) is 0 Å². The average Bonchev–Trinajstić information content (AvgIpc) is 2.29. The number of piperidine rings is 1. The molecule has 4 nitrogen and oxygen atoms in total. The molecule has 3 N–H and O–H groups in total. The summed E-state index contributed by atoms with van der Waals surface area (Å²) >= 11 is 0. The fraction of sp³-hybridized carbons (Fsp3) is 0.923. The number of nitrogens with zero attached hydrogens (tertiary/aromatic N) is 1. The van der Waals surface area contributed by atoms with Crippen molar-refractivity contribution in [1.82, 2.24) is 10.2 Å². The first-order valence-electron chi connectivity index (χ1n) is 6.81. The number of carbonyl (C=O) groups is 1. The average molecular weight is 239 g/mol. The Kier molecular flexibility index (Phi) is 4.05.